The summed E-state index contributed by atoms with van der Waals surface area (Å²) in [5, 5.41) is 0. The summed E-state index contributed by atoms with van der Waals surface area (Å²) in [4.78, 5) is 19.7. The van der Waals surface area contributed by atoms with Crippen molar-refractivity contribution in [2.24, 2.45) is 4.99 Å². The van der Waals surface area contributed by atoms with E-state index in [4.69, 9.17) is 9.73 Å². The van der Waals surface area contributed by atoms with Gasteiger partial charge in [-0.25, -0.2) is 4.99 Å². The molecule has 3 aromatic rings. The van der Waals surface area contributed by atoms with Crippen LogP contribution in [0.3, 0.4) is 0 Å². The van der Waals surface area contributed by atoms with Crippen LogP contribution in [0.25, 0.3) is 6.08 Å². The van der Waals surface area contributed by atoms with Gasteiger partial charge in [0.2, 0.25) is 0 Å². The van der Waals surface area contributed by atoms with Crippen molar-refractivity contribution in [3.05, 3.63) is 101 Å². The van der Waals surface area contributed by atoms with E-state index in [0.717, 1.165) is 28.1 Å². The Morgan fingerprint density at radius 1 is 0.900 bits per heavy atom. The molecule has 0 N–H and O–H groups in total. The molecule has 3 aromatic carbocycles. The minimum Gasteiger partial charge on any atom is -0.491 e. The molecule has 30 heavy (non-hydrogen) atoms. The molecule has 4 rings (SSSR count). The van der Waals surface area contributed by atoms with E-state index in [9.17, 15) is 4.79 Å². The first-order chi connectivity index (χ1) is 14.5. The number of amidine groups is 1. The van der Waals surface area contributed by atoms with Crippen molar-refractivity contribution in [1.29, 1.82) is 0 Å². The molecule has 0 saturated carbocycles. The zero-order valence-electron chi connectivity index (χ0n) is 17.4. The Hall–Kier alpha value is -3.66. The van der Waals surface area contributed by atoms with Gasteiger partial charge in [-0.1, -0.05) is 60.2 Å². The molecular weight excluding hydrogens is 372 g/mol. The van der Waals surface area contributed by atoms with Crippen LogP contribution in [0.5, 0.6) is 5.75 Å². The molecule has 0 aliphatic carbocycles. The third-order valence-electron chi connectivity index (χ3n) is 4.74. The first-order valence-electron chi connectivity index (χ1n) is 10.0. The van der Waals surface area contributed by atoms with Crippen molar-refractivity contribution in [3.8, 4) is 5.75 Å². The summed E-state index contributed by atoms with van der Waals surface area (Å²) in [6.07, 6.45) is 1.94. The van der Waals surface area contributed by atoms with Crippen LogP contribution in [0.4, 0.5) is 5.69 Å². The topological polar surface area (TPSA) is 41.9 Å². The molecule has 1 heterocycles. The van der Waals surface area contributed by atoms with Crippen LogP contribution in [0.2, 0.25) is 0 Å². The van der Waals surface area contributed by atoms with E-state index in [2.05, 4.69) is 0 Å². The van der Waals surface area contributed by atoms with Crippen LogP contribution in [0, 0.1) is 6.92 Å². The van der Waals surface area contributed by atoms with Crippen LogP contribution < -0.4 is 9.64 Å². The zero-order valence-corrected chi connectivity index (χ0v) is 17.4. The lowest BCUT2D eigenvalue weighted by Gasteiger charge is -2.18. The fraction of sp³-hybridized carbons (Fsp3) is 0.154. The fourth-order valence-electron chi connectivity index (χ4n) is 3.30. The molecule has 4 nitrogen and oxygen atoms in total. The Balaban J connectivity index is 1.72. The van der Waals surface area contributed by atoms with Crippen molar-refractivity contribution in [2.75, 3.05) is 4.90 Å². The second-order valence-corrected chi connectivity index (χ2v) is 7.54. The summed E-state index contributed by atoms with van der Waals surface area (Å²) < 4.78 is 5.70. The molecular formula is C26H24N2O2. The zero-order chi connectivity index (χ0) is 21.1. The second-order valence-electron chi connectivity index (χ2n) is 7.54. The summed E-state index contributed by atoms with van der Waals surface area (Å²) >= 11 is 0. The molecule has 0 atom stereocenters. The number of aliphatic imine (C=N–C) groups is 1. The summed E-state index contributed by atoms with van der Waals surface area (Å²) in [6, 6.07) is 25.4. The highest BCUT2D eigenvalue weighted by Crippen LogP contribution is 2.28. The first kappa shape index (κ1) is 19.6. The van der Waals surface area contributed by atoms with Crippen LogP contribution in [0.1, 0.15) is 30.5 Å². The van der Waals surface area contributed by atoms with Crippen molar-refractivity contribution in [3.63, 3.8) is 0 Å². The molecule has 1 aliphatic heterocycles. The van der Waals surface area contributed by atoms with Crippen LogP contribution in [-0.2, 0) is 4.79 Å². The van der Waals surface area contributed by atoms with Gasteiger partial charge in [0.05, 0.1) is 11.8 Å². The number of carbonyl (C=O) groups excluding carboxylic acids is 1. The predicted octanol–water partition coefficient (Wildman–Crippen LogP) is 5.62. The largest absolute Gasteiger partial charge is 0.491 e. The lowest BCUT2D eigenvalue weighted by Crippen LogP contribution is -2.32. The predicted molar refractivity (Wildman–Crippen MR) is 122 cm³/mol. The quantitative estimate of drug-likeness (QED) is 0.526. The number of rotatable bonds is 5. The minimum absolute atomic E-state index is 0.117. The van der Waals surface area contributed by atoms with Crippen molar-refractivity contribution < 1.29 is 9.53 Å². The van der Waals surface area contributed by atoms with Crippen molar-refractivity contribution in [1.82, 2.24) is 0 Å². The Kier molecular flexibility index (Phi) is 5.48. The van der Waals surface area contributed by atoms with Gasteiger partial charge in [0, 0.05) is 5.56 Å². The van der Waals surface area contributed by atoms with Gasteiger partial charge >= 0.3 is 0 Å². The smallest absolute Gasteiger partial charge is 0.282 e. The van der Waals surface area contributed by atoms with Crippen LogP contribution in [0.15, 0.2) is 89.6 Å². The second kappa shape index (κ2) is 8.37. The summed E-state index contributed by atoms with van der Waals surface area (Å²) in [7, 11) is 0. The van der Waals surface area contributed by atoms with E-state index in [-0.39, 0.29) is 12.0 Å². The SMILES string of the molecule is Cc1ccc(N2C(=O)C(=Cc3ccc(OC(C)C)cc3)N=C2c2ccccc2)cc1. The van der Waals surface area contributed by atoms with Gasteiger partial charge in [-0.3, -0.25) is 9.69 Å². The lowest BCUT2D eigenvalue weighted by atomic mass is 10.1. The number of aryl methyl sites for hydroxylation is 1. The first-order valence-corrected chi connectivity index (χ1v) is 10.0. The van der Waals surface area contributed by atoms with Crippen molar-refractivity contribution in [2.45, 2.75) is 26.9 Å². The Labute approximate surface area is 177 Å². The maximum absolute atomic E-state index is 13.3. The van der Waals surface area contributed by atoms with Crippen LogP contribution in [-0.4, -0.2) is 17.8 Å². The minimum atomic E-state index is -0.139. The number of nitrogens with zero attached hydrogens (tertiary/aromatic N) is 2. The third-order valence-corrected chi connectivity index (χ3v) is 4.74. The highest BCUT2D eigenvalue weighted by Gasteiger charge is 2.32. The number of carbonyl (C=O) groups is 1. The highest BCUT2D eigenvalue weighted by molar-refractivity contribution is 6.33. The number of ether oxygens (including phenoxy) is 1. The molecule has 0 unspecified atom stereocenters. The summed E-state index contributed by atoms with van der Waals surface area (Å²) in [6.45, 7) is 6.01. The van der Waals surface area contributed by atoms with Gasteiger partial charge < -0.3 is 4.74 Å². The van der Waals surface area contributed by atoms with Gasteiger partial charge in [0.25, 0.3) is 5.91 Å². The van der Waals surface area contributed by atoms with E-state index in [0.29, 0.717) is 11.5 Å². The molecule has 150 valence electrons. The number of amides is 1. The van der Waals surface area contributed by atoms with E-state index in [1.807, 2.05) is 106 Å². The molecule has 1 amide bonds. The molecule has 1 aliphatic rings. The van der Waals surface area contributed by atoms with Crippen molar-refractivity contribution >= 4 is 23.5 Å². The molecule has 0 radical (unpaired) electrons. The number of anilines is 1. The van der Waals surface area contributed by atoms with Crippen LogP contribution >= 0.6 is 0 Å². The Bertz CT molecular complexity index is 1100. The molecule has 4 heteroatoms. The fourth-order valence-corrected chi connectivity index (χ4v) is 3.30. The van der Waals surface area contributed by atoms with Gasteiger partial charge in [0.1, 0.15) is 17.3 Å². The normalized spacial score (nSPS) is 15.1. The number of hydrogen-bond acceptors (Lipinski definition) is 3. The Morgan fingerprint density at radius 3 is 2.20 bits per heavy atom. The number of hydrogen-bond donors (Lipinski definition) is 0. The van der Waals surface area contributed by atoms with Gasteiger partial charge in [-0.15, -0.1) is 0 Å². The van der Waals surface area contributed by atoms with Gasteiger partial charge in [-0.05, 0) is 56.7 Å². The van der Waals surface area contributed by atoms with E-state index in [1.54, 1.807) is 4.90 Å². The average molecular weight is 396 g/mol. The lowest BCUT2D eigenvalue weighted by molar-refractivity contribution is -0.113. The maximum Gasteiger partial charge on any atom is 0.282 e. The average Bonchev–Trinajstić information content (AvgIpc) is 3.06. The van der Waals surface area contributed by atoms with E-state index >= 15 is 0 Å². The molecule has 0 fully saturated rings. The Morgan fingerprint density at radius 2 is 1.57 bits per heavy atom. The summed E-state index contributed by atoms with van der Waals surface area (Å²) in [5.74, 6) is 1.30. The maximum atomic E-state index is 13.3. The van der Waals surface area contributed by atoms with Gasteiger partial charge in [0.15, 0.2) is 0 Å². The highest BCUT2D eigenvalue weighted by atomic mass is 16.5. The number of benzene rings is 3. The third kappa shape index (κ3) is 4.18. The standard InChI is InChI=1S/C26H24N2O2/c1-18(2)30-23-15-11-20(12-16-23)17-24-26(29)28(22-13-9-19(3)10-14-22)25(27-24)21-7-5-4-6-8-21/h4-18H,1-3H3. The monoisotopic (exact) mass is 396 g/mol. The van der Waals surface area contributed by atoms with Gasteiger partial charge in [-0.2, -0.15) is 0 Å². The molecule has 0 bridgehead atoms. The molecule has 0 saturated heterocycles. The van der Waals surface area contributed by atoms with E-state index < -0.39 is 0 Å². The molecule has 0 aromatic heterocycles. The summed E-state index contributed by atoms with van der Waals surface area (Å²) in [5.41, 5.74) is 4.15. The molecule has 0 spiro atoms. The van der Waals surface area contributed by atoms with E-state index in [1.165, 1.54) is 0 Å².